The number of nitrogens with two attached hydrogens (primary N) is 1. The van der Waals surface area contributed by atoms with Gasteiger partial charge in [-0.25, -0.2) is 0 Å². The fourth-order valence-electron chi connectivity index (χ4n) is 2.20. The van der Waals surface area contributed by atoms with E-state index in [1.54, 1.807) is 12.1 Å². The van der Waals surface area contributed by atoms with Crippen LogP contribution in [0.25, 0.3) is 0 Å². The van der Waals surface area contributed by atoms with Crippen LogP contribution in [-0.2, 0) is 11.2 Å². The SMILES string of the molecule is CCC(Oc1ccc2c(c1)CCCC2=O)C(N)=O. The highest BCUT2D eigenvalue weighted by molar-refractivity contribution is 5.98. The zero-order chi connectivity index (χ0) is 13.1. The number of Topliss-reactive ketones (excluding diaryl/α,β-unsaturated/α-hetero) is 1. The van der Waals surface area contributed by atoms with Crippen LogP contribution in [0.1, 0.15) is 42.1 Å². The average Bonchev–Trinajstić information content (AvgIpc) is 2.35. The lowest BCUT2D eigenvalue weighted by Crippen LogP contribution is -2.33. The van der Waals surface area contributed by atoms with Crippen LogP contribution in [0.2, 0.25) is 0 Å². The highest BCUT2D eigenvalue weighted by atomic mass is 16.5. The second-order valence-electron chi connectivity index (χ2n) is 4.51. The molecule has 0 heterocycles. The van der Waals surface area contributed by atoms with E-state index in [0.29, 0.717) is 18.6 Å². The summed E-state index contributed by atoms with van der Waals surface area (Å²) in [6, 6.07) is 5.35. The second kappa shape index (κ2) is 5.21. The Bertz CT molecular complexity index is 482. The number of ketones is 1. The molecular weight excluding hydrogens is 230 g/mol. The number of hydrogen-bond acceptors (Lipinski definition) is 3. The quantitative estimate of drug-likeness (QED) is 0.882. The molecule has 4 heteroatoms. The molecule has 0 bridgehead atoms. The molecule has 1 aromatic rings. The van der Waals surface area contributed by atoms with Crippen molar-refractivity contribution in [3.8, 4) is 5.75 Å². The van der Waals surface area contributed by atoms with E-state index < -0.39 is 12.0 Å². The number of benzene rings is 1. The predicted octanol–water partition coefficient (Wildman–Crippen LogP) is 1.85. The first-order valence-corrected chi connectivity index (χ1v) is 6.24. The monoisotopic (exact) mass is 247 g/mol. The molecule has 0 aliphatic heterocycles. The average molecular weight is 247 g/mol. The van der Waals surface area contributed by atoms with Gasteiger partial charge in [0.2, 0.25) is 0 Å². The van der Waals surface area contributed by atoms with Gasteiger partial charge in [0.25, 0.3) is 5.91 Å². The predicted molar refractivity (Wildman–Crippen MR) is 67.6 cm³/mol. The number of aryl methyl sites for hydroxylation is 1. The van der Waals surface area contributed by atoms with Gasteiger partial charge >= 0.3 is 0 Å². The first-order chi connectivity index (χ1) is 8.61. The Kier molecular flexibility index (Phi) is 3.65. The Labute approximate surface area is 106 Å². The van der Waals surface area contributed by atoms with E-state index in [-0.39, 0.29) is 5.78 Å². The molecule has 0 radical (unpaired) electrons. The minimum Gasteiger partial charge on any atom is -0.481 e. The lowest BCUT2D eigenvalue weighted by molar-refractivity contribution is -0.124. The first kappa shape index (κ1) is 12.6. The van der Waals surface area contributed by atoms with Crippen molar-refractivity contribution in [1.82, 2.24) is 0 Å². The van der Waals surface area contributed by atoms with Crippen LogP contribution in [0.5, 0.6) is 5.75 Å². The Hall–Kier alpha value is -1.84. The molecule has 1 unspecified atom stereocenters. The van der Waals surface area contributed by atoms with Gasteiger partial charge in [-0.3, -0.25) is 9.59 Å². The summed E-state index contributed by atoms with van der Waals surface area (Å²) in [5.74, 6) is 0.324. The Balaban J connectivity index is 2.21. The Morgan fingerprint density at radius 3 is 2.89 bits per heavy atom. The van der Waals surface area contributed by atoms with E-state index in [0.717, 1.165) is 24.0 Å². The number of amides is 1. The molecule has 2 rings (SSSR count). The van der Waals surface area contributed by atoms with Gasteiger partial charge in [0.05, 0.1) is 0 Å². The van der Waals surface area contributed by atoms with E-state index in [4.69, 9.17) is 10.5 Å². The second-order valence-corrected chi connectivity index (χ2v) is 4.51. The van der Waals surface area contributed by atoms with Gasteiger partial charge in [0.1, 0.15) is 5.75 Å². The summed E-state index contributed by atoms with van der Waals surface area (Å²) in [7, 11) is 0. The van der Waals surface area contributed by atoms with E-state index in [1.165, 1.54) is 0 Å². The molecule has 1 aromatic carbocycles. The molecule has 4 nitrogen and oxygen atoms in total. The number of hydrogen-bond donors (Lipinski definition) is 1. The van der Waals surface area contributed by atoms with Crippen LogP contribution < -0.4 is 10.5 Å². The molecule has 0 fully saturated rings. The van der Waals surface area contributed by atoms with Crippen molar-refractivity contribution in [2.24, 2.45) is 5.73 Å². The summed E-state index contributed by atoms with van der Waals surface area (Å²) in [4.78, 5) is 22.8. The van der Waals surface area contributed by atoms with Gasteiger partial charge in [0.15, 0.2) is 11.9 Å². The standard InChI is InChI=1S/C14H17NO3/c1-2-13(14(15)17)18-10-6-7-11-9(8-10)4-3-5-12(11)16/h6-8,13H,2-5H2,1H3,(H2,15,17). The number of carbonyl (C=O) groups is 2. The maximum absolute atomic E-state index is 11.7. The van der Waals surface area contributed by atoms with Crippen molar-refractivity contribution in [2.45, 2.75) is 38.7 Å². The van der Waals surface area contributed by atoms with Crippen molar-refractivity contribution >= 4 is 11.7 Å². The topological polar surface area (TPSA) is 69.4 Å². The largest absolute Gasteiger partial charge is 0.481 e. The molecule has 0 saturated carbocycles. The Morgan fingerprint density at radius 1 is 1.44 bits per heavy atom. The van der Waals surface area contributed by atoms with Crippen molar-refractivity contribution in [3.05, 3.63) is 29.3 Å². The molecule has 1 atom stereocenters. The highest BCUT2D eigenvalue weighted by Gasteiger charge is 2.19. The third-order valence-electron chi connectivity index (χ3n) is 3.19. The zero-order valence-electron chi connectivity index (χ0n) is 10.4. The molecule has 0 saturated heterocycles. The number of rotatable bonds is 4. The minimum absolute atomic E-state index is 0.185. The minimum atomic E-state index is -0.609. The third kappa shape index (κ3) is 2.53. The van der Waals surface area contributed by atoms with Crippen molar-refractivity contribution in [1.29, 1.82) is 0 Å². The van der Waals surface area contributed by atoms with Gasteiger partial charge in [-0.05, 0) is 43.0 Å². The van der Waals surface area contributed by atoms with Crippen LogP contribution in [0.3, 0.4) is 0 Å². The maximum Gasteiger partial charge on any atom is 0.258 e. The van der Waals surface area contributed by atoms with E-state index >= 15 is 0 Å². The molecule has 0 aromatic heterocycles. The highest BCUT2D eigenvalue weighted by Crippen LogP contribution is 2.26. The summed E-state index contributed by atoms with van der Waals surface area (Å²) in [6.07, 6.45) is 2.30. The van der Waals surface area contributed by atoms with Gasteiger partial charge < -0.3 is 10.5 Å². The van der Waals surface area contributed by atoms with Gasteiger partial charge in [-0.15, -0.1) is 0 Å². The fourth-order valence-corrected chi connectivity index (χ4v) is 2.20. The van der Waals surface area contributed by atoms with Crippen molar-refractivity contribution in [3.63, 3.8) is 0 Å². The lowest BCUT2D eigenvalue weighted by Gasteiger charge is -2.18. The van der Waals surface area contributed by atoms with Crippen LogP contribution in [0.4, 0.5) is 0 Å². The van der Waals surface area contributed by atoms with Crippen LogP contribution in [0.15, 0.2) is 18.2 Å². The number of carbonyl (C=O) groups excluding carboxylic acids is 2. The molecule has 1 aliphatic carbocycles. The number of ether oxygens (including phenoxy) is 1. The van der Waals surface area contributed by atoms with E-state index in [9.17, 15) is 9.59 Å². The van der Waals surface area contributed by atoms with Crippen LogP contribution in [0, 0.1) is 0 Å². The van der Waals surface area contributed by atoms with Crippen molar-refractivity contribution in [2.75, 3.05) is 0 Å². The zero-order valence-corrected chi connectivity index (χ0v) is 10.4. The van der Waals surface area contributed by atoms with Crippen molar-refractivity contribution < 1.29 is 14.3 Å². The normalized spacial score (nSPS) is 15.9. The smallest absolute Gasteiger partial charge is 0.258 e. The third-order valence-corrected chi connectivity index (χ3v) is 3.19. The summed E-state index contributed by atoms with van der Waals surface area (Å²) < 4.78 is 5.54. The number of fused-ring (bicyclic) bond motifs is 1. The van der Waals surface area contributed by atoms with E-state index in [1.807, 2.05) is 13.0 Å². The van der Waals surface area contributed by atoms with Gasteiger partial charge in [0, 0.05) is 12.0 Å². The summed E-state index contributed by atoms with van der Waals surface area (Å²) in [5.41, 5.74) is 7.02. The lowest BCUT2D eigenvalue weighted by atomic mass is 9.90. The maximum atomic E-state index is 11.7. The molecule has 1 amide bonds. The Morgan fingerprint density at radius 2 is 2.22 bits per heavy atom. The summed E-state index contributed by atoms with van der Waals surface area (Å²) >= 11 is 0. The molecular formula is C14H17NO3. The molecule has 1 aliphatic rings. The fraction of sp³-hybridized carbons (Fsp3) is 0.429. The van der Waals surface area contributed by atoms with Crippen LogP contribution >= 0.6 is 0 Å². The molecule has 18 heavy (non-hydrogen) atoms. The van der Waals surface area contributed by atoms with E-state index in [2.05, 4.69) is 0 Å². The molecule has 2 N–H and O–H groups in total. The molecule has 96 valence electrons. The summed E-state index contributed by atoms with van der Waals surface area (Å²) in [5, 5.41) is 0. The first-order valence-electron chi connectivity index (χ1n) is 6.24. The van der Waals surface area contributed by atoms with Gasteiger partial charge in [-0.1, -0.05) is 6.92 Å². The number of primary amides is 1. The summed E-state index contributed by atoms with van der Waals surface area (Å²) in [6.45, 7) is 1.84. The van der Waals surface area contributed by atoms with Crippen LogP contribution in [-0.4, -0.2) is 17.8 Å². The molecule has 0 spiro atoms. The van der Waals surface area contributed by atoms with Gasteiger partial charge in [-0.2, -0.15) is 0 Å².